The SMILES string of the molecule is CC(C)Oc1nc(N(C)c2ccccc2[N+](=O)[O-])ncc1C(F)(F)F. The van der Waals surface area contributed by atoms with Crippen LogP contribution in [0.4, 0.5) is 30.5 Å². The monoisotopic (exact) mass is 356 g/mol. The van der Waals surface area contributed by atoms with E-state index in [0.717, 1.165) is 0 Å². The molecule has 0 fully saturated rings. The lowest BCUT2D eigenvalue weighted by atomic mass is 10.2. The fourth-order valence-electron chi connectivity index (χ4n) is 2.04. The Bertz CT molecular complexity index is 781. The molecule has 2 aromatic rings. The number of para-hydroxylation sites is 2. The number of ether oxygens (including phenoxy) is 1. The maximum absolute atomic E-state index is 13.1. The molecule has 25 heavy (non-hydrogen) atoms. The molecule has 1 aromatic carbocycles. The minimum atomic E-state index is -4.68. The molecule has 0 spiro atoms. The van der Waals surface area contributed by atoms with E-state index in [1.54, 1.807) is 19.9 Å². The van der Waals surface area contributed by atoms with Crippen LogP contribution in [0, 0.1) is 10.1 Å². The lowest BCUT2D eigenvalue weighted by molar-refractivity contribution is -0.384. The number of rotatable bonds is 5. The molecule has 0 saturated carbocycles. The fourth-order valence-corrected chi connectivity index (χ4v) is 2.04. The molecule has 0 aliphatic carbocycles. The van der Waals surface area contributed by atoms with E-state index in [2.05, 4.69) is 9.97 Å². The van der Waals surface area contributed by atoms with Crippen LogP contribution < -0.4 is 9.64 Å². The van der Waals surface area contributed by atoms with E-state index in [-0.39, 0.29) is 17.3 Å². The van der Waals surface area contributed by atoms with Gasteiger partial charge in [0, 0.05) is 19.3 Å². The van der Waals surface area contributed by atoms with Crippen LogP contribution >= 0.6 is 0 Å². The molecular formula is C15H15F3N4O3. The summed E-state index contributed by atoms with van der Waals surface area (Å²) in [5.74, 6) is -0.782. The van der Waals surface area contributed by atoms with Crippen molar-refractivity contribution in [1.29, 1.82) is 0 Å². The first-order valence-corrected chi connectivity index (χ1v) is 7.19. The second-order valence-electron chi connectivity index (χ2n) is 5.36. The van der Waals surface area contributed by atoms with Crippen LogP contribution in [0.15, 0.2) is 30.5 Å². The molecule has 0 radical (unpaired) electrons. The van der Waals surface area contributed by atoms with E-state index in [9.17, 15) is 23.3 Å². The topological polar surface area (TPSA) is 81.4 Å². The van der Waals surface area contributed by atoms with Gasteiger partial charge in [-0.15, -0.1) is 0 Å². The molecule has 2 rings (SSSR count). The highest BCUT2D eigenvalue weighted by Gasteiger charge is 2.37. The van der Waals surface area contributed by atoms with Gasteiger partial charge in [0.1, 0.15) is 11.3 Å². The van der Waals surface area contributed by atoms with Crippen molar-refractivity contribution in [2.45, 2.75) is 26.1 Å². The number of alkyl halides is 3. The number of halogens is 3. The maximum Gasteiger partial charge on any atom is 0.423 e. The summed E-state index contributed by atoms with van der Waals surface area (Å²) in [6, 6.07) is 5.77. The van der Waals surface area contributed by atoms with Gasteiger partial charge in [-0.05, 0) is 19.9 Å². The predicted octanol–water partition coefficient (Wildman–Crippen LogP) is 3.96. The van der Waals surface area contributed by atoms with Gasteiger partial charge in [-0.1, -0.05) is 12.1 Å². The summed E-state index contributed by atoms with van der Waals surface area (Å²) in [5.41, 5.74) is -1.19. The quantitative estimate of drug-likeness (QED) is 0.596. The molecule has 1 heterocycles. The van der Waals surface area contributed by atoms with Crippen LogP contribution in [-0.4, -0.2) is 28.0 Å². The third-order valence-corrected chi connectivity index (χ3v) is 3.13. The molecule has 0 atom stereocenters. The molecule has 0 unspecified atom stereocenters. The fraction of sp³-hybridized carbons (Fsp3) is 0.333. The van der Waals surface area contributed by atoms with Gasteiger partial charge in [-0.2, -0.15) is 18.2 Å². The van der Waals surface area contributed by atoms with E-state index in [0.29, 0.717) is 6.20 Å². The Hall–Kier alpha value is -2.91. The third-order valence-electron chi connectivity index (χ3n) is 3.13. The van der Waals surface area contributed by atoms with E-state index in [1.165, 1.54) is 30.1 Å². The van der Waals surface area contributed by atoms with Gasteiger partial charge in [0.2, 0.25) is 11.8 Å². The van der Waals surface area contributed by atoms with Crippen molar-refractivity contribution in [3.63, 3.8) is 0 Å². The van der Waals surface area contributed by atoms with E-state index < -0.39 is 28.6 Å². The Morgan fingerprint density at radius 1 is 1.28 bits per heavy atom. The predicted molar refractivity (Wildman–Crippen MR) is 84.0 cm³/mol. The average Bonchev–Trinajstić information content (AvgIpc) is 2.52. The zero-order valence-electron chi connectivity index (χ0n) is 13.6. The Morgan fingerprint density at radius 3 is 2.48 bits per heavy atom. The first kappa shape index (κ1) is 18.4. The van der Waals surface area contributed by atoms with E-state index >= 15 is 0 Å². The van der Waals surface area contributed by atoms with Gasteiger partial charge in [0.25, 0.3) is 5.69 Å². The molecule has 0 saturated heterocycles. The van der Waals surface area contributed by atoms with Crippen molar-refractivity contribution in [3.8, 4) is 5.88 Å². The molecule has 0 aliphatic rings. The summed E-state index contributed by atoms with van der Waals surface area (Å²) >= 11 is 0. The third kappa shape index (κ3) is 4.14. The van der Waals surface area contributed by atoms with Gasteiger partial charge in [0.15, 0.2) is 0 Å². The van der Waals surface area contributed by atoms with Crippen LogP contribution in [-0.2, 0) is 6.18 Å². The molecule has 1 aromatic heterocycles. The van der Waals surface area contributed by atoms with Gasteiger partial charge >= 0.3 is 6.18 Å². The normalized spacial score (nSPS) is 11.5. The van der Waals surface area contributed by atoms with Gasteiger partial charge in [-0.3, -0.25) is 10.1 Å². The highest BCUT2D eigenvalue weighted by atomic mass is 19.4. The van der Waals surface area contributed by atoms with Gasteiger partial charge in [0.05, 0.1) is 11.0 Å². The molecule has 0 aliphatic heterocycles. The highest BCUT2D eigenvalue weighted by Crippen LogP contribution is 2.37. The van der Waals surface area contributed by atoms with Crippen LogP contribution in [0.5, 0.6) is 5.88 Å². The van der Waals surface area contributed by atoms with Crippen molar-refractivity contribution in [2.24, 2.45) is 0 Å². The molecule has 7 nitrogen and oxygen atoms in total. The smallest absolute Gasteiger partial charge is 0.423 e. The van der Waals surface area contributed by atoms with Crippen LogP contribution in [0.3, 0.4) is 0 Å². The minimum Gasteiger partial charge on any atom is -0.474 e. The molecule has 134 valence electrons. The minimum absolute atomic E-state index is 0.141. The summed E-state index contributed by atoms with van der Waals surface area (Å²) in [7, 11) is 1.42. The molecule has 0 bridgehead atoms. The lowest BCUT2D eigenvalue weighted by Crippen LogP contribution is -2.19. The van der Waals surface area contributed by atoms with Crippen LogP contribution in [0.1, 0.15) is 19.4 Å². The van der Waals surface area contributed by atoms with E-state index in [4.69, 9.17) is 4.74 Å². The Kier molecular flexibility index (Phi) is 5.10. The second-order valence-corrected chi connectivity index (χ2v) is 5.36. The number of nitro groups is 1. The number of hydrogen-bond donors (Lipinski definition) is 0. The number of anilines is 2. The van der Waals surface area contributed by atoms with Crippen LogP contribution in [0.25, 0.3) is 0 Å². The highest BCUT2D eigenvalue weighted by molar-refractivity contribution is 5.68. The van der Waals surface area contributed by atoms with E-state index in [1.807, 2.05) is 0 Å². The summed E-state index contributed by atoms with van der Waals surface area (Å²) in [4.78, 5) is 19.2. The molecular weight excluding hydrogens is 341 g/mol. The average molecular weight is 356 g/mol. The van der Waals surface area contributed by atoms with Crippen molar-refractivity contribution in [3.05, 3.63) is 46.1 Å². The largest absolute Gasteiger partial charge is 0.474 e. The zero-order valence-corrected chi connectivity index (χ0v) is 13.6. The summed E-state index contributed by atoms with van der Waals surface area (Å²) in [5, 5.41) is 11.1. The van der Waals surface area contributed by atoms with Crippen molar-refractivity contribution < 1.29 is 22.8 Å². The number of nitro benzene ring substituents is 1. The van der Waals surface area contributed by atoms with Gasteiger partial charge in [-0.25, -0.2) is 4.98 Å². The molecule has 10 heteroatoms. The molecule has 0 amide bonds. The summed E-state index contributed by atoms with van der Waals surface area (Å²) in [6.45, 7) is 3.13. The van der Waals surface area contributed by atoms with Crippen LogP contribution in [0.2, 0.25) is 0 Å². The summed E-state index contributed by atoms with van der Waals surface area (Å²) < 4.78 is 44.3. The number of nitrogens with zero attached hydrogens (tertiary/aromatic N) is 4. The summed E-state index contributed by atoms with van der Waals surface area (Å²) in [6.07, 6.45) is -4.62. The lowest BCUT2D eigenvalue weighted by Gasteiger charge is -2.20. The van der Waals surface area contributed by atoms with Crippen molar-refractivity contribution in [1.82, 2.24) is 9.97 Å². The van der Waals surface area contributed by atoms with Gasteiger partial charge < -0.3 is 9.64 Å². The van der Waals surface area contributed by atoms with Crippen molar-refractivity contribution in [2.75, 3.05) is 11.9 Å². The first-order chi connectivity index (χ1) is 11.6. The van der Waals surface area contributed by atoms with Crippen molar-refractivity contribution >= 4 is 17.3 Å². The maximum atomic E-state index is 13.1. The first-order valence-electron chi connectivity index (χ1n) is 7.19. The Labute approximate surface area is 141 Å². The number of hydrogen-bond acceptors (Lipinski definition) is 6. The standard InChI is InChI=1S/C15H15F3N4O3/c1-9(2)25-13-10(15(16,17)18)8-19-14(20-13)21(3)11-6-4-5-7-12(11)22(23)24/h4-9H,1-3H3. The number of aromatic nitrogens is 2. The zero-order chi connectivity index (χ0) is 18.8. The Morgan fingerprint density at radius 2 is 1.92 bits per heavy atom. The number of benzene rings is 1. The molecule has 0 N–H and O–H groups in total. The Balaban J connectivity index is 2.51. The second kappa shape index (κ2) is 6.91.